The summed E-state index contributed by atoms with van der Waals surface area (Å²) in [5.41, 5.74) is 1.04. The summed E-state index contributed by atoms with van der Waals surface area (Å²) in [7, 11) is -1.99. The molecule has 9 heteroatoms. The highest BCUT2D eigenvalue weighted by Crippen LogP contribution is 2.20. The maximum absolute atomic E-state index is 12.2. The second-order valence-electron chi connectivity index (χ2n) is 4.65. The lowest BCUT2D eigenvalue weighted by atomic mass is 10.2. The number of hydrogen-bond donors (Lipinski definition) is 2. The van der Waals surface area contributed by atoms with Gasteiger partial charge in [-0.15, -0.1) is 0 Å². The van der Waals surface area contributed by atoms with Crippen LogP contribution in [0.5, 0.6) is 0 Å². The molecule has 0 saturated heterocycles. The van der Waals surface area contributed by atoms with Crippen molar-refractivity contribution in [2.45, 2.75) is 18.2 Å². The van der Waals surface area contributed by atoms with Crippen LogP contribution in [0.1, 0.15) is 12.6 Å². The molecule has 0 aliphatic heterocycles. The highest BCUT2D eigenvalue weighted by atomic mass is 32.2. The second kappa shape index (κ2) is 7.63. The van der Waals surface area contributed by atoms with Crippen LogP contribution in [-0.4, -0.2) is 51.9 Å². The zero-order chi connectivity index (χ0) is 16.0. The third-order valence-corrected chi connectivity index (χ3v) is 4.53. The van der Waals surface area contributed by atoms with Crippen LogP contribution in [0.25, 0.3) is 11.1 Å². The Balaban J connectivity index is 2.02. The first-order valence-electron chi connectivity index (χ1n) is 7.02. The molecule has 8 nitrogen and oxygen atoms in total. The predicted molar refractivity (Wildman–Crippen MR) is 81.1 cm³/mol. The molecule has 2 aromatic rings. The summed E-state index contributed by atoms with van der Waals surface area (Å²) in [6.45, 7) is 3.98. The van der Waals surface area contributed by atoms with Gasteiger partial charge in [0.05, 0.1) is 23.9 Å². The van der Waals surface area contributed by atoms with Crippen molar-refractivity contribution in [2.75, 3.05) is 33.4 Å². The zero-order valence-corrected chi connectivity index (χ0v) is 13.4. The van der Waals surface area contributed by atoms with Gasteiger partial charge in [0.2, 0.25) is 10.0 Å². The molecule has 0 aromatic carbocycles. The monoisotopic (exact) mass is 328 g/mol. The van der Waals surface area contributed by atoms with Crippen LogP contribution in [0.3, 0.4) is 0 Å². The van der Waals surface area contributed by atoms with E-state index >= 15 is 0 Å². The lowest BCUT2D eigenvalue weighted by Gasteiger charge is -2.07. The Bertz CT molecular complexity index is 714. The largest absolute Gasteiger partial charge is 0.383 e. The summed E-state index contributed by atoms with van der Waals surface area (Å²) < 4.78 is 36.9. The molecule has 0 radical (unpaired) electrons. The van der Waals surface area contributed by atoms with E-state index in [0.29, 0.717) is 42.9 Å². The van der Waals surface area contributed by atoms with E-state index in [1.165, 1.54) is 6.20 Å². The molecule has 0 atom stereocenters. The number of nitrogens with zero attached hydrogens (tertiary/aromatic N) is 2. The molecule has 0 spiro atoms. The van der Waals surface area contributed by atoms with Crippen molar-refractivity contribution in [3.8, 4) is 0 Å². The van der Waals surface area contributed by atoms with Gasteiger partial charge in [0, 0.05) is 26.7 Å². The lowest BCUT2D eigenvalue weighted by Crippen LogP contribution is -2.33. The highest BCUT2D eigenvalue weighted by Gasteiger charge is 2.17. The summed E-state index contributed by atoms with van der Waals surface area (Å²) in [6, 6.07) is 1.54. The van der Waals surface area contributed by atoms with E-state index < -0.39 is 10.0 Å². The number of rotatable bonds is 9. The van der Waals surface area contributed by atoms with Crippen LogP contribution in [0.4, 0.5) is 0 Å². The smallest absolute Gasteiger partial charge is 0.258 e. The quantitative estimate of drug-likeness (QED) is 0.638. The first kappa shape index (κ1) is 16.8. The van der Waals surface area contributed by atoms with Crippen molar-refractivity contribution in [1.29, 1.82) is 0 Å². The van der Waals surface area contributed by atoms with E-state index in [4.69, 9.17) is 9.26 Å². The lowest BCUT2D eigenvalue weighted by molar-refractivity contribution is 0.199. The molecule has 0 aliphatic carbocycles. The topological polar surface area (TPSA) is 106 Å². The van der Waals surface area contributed by atoms with Crippen molar-refractivity contribution in [3.63, 3.8) is 0 Å². The maximum atomic E-state index is 12.2. The highest BCUT2D eigenvalue weighted by molar-refractivity contribution is 7.89. The van der Waals surface area contributed by atoms with Gasteiger partial charge in [-0.05, 0) is 12.5 Å². The third-order valence-electron chi connectivity index (χ3n) is 3.10. The van der Waals surface area contributed by atoms with Gasteiger partial charge in [0.1, 0.15) is 4.90 Å². The van der Waals surface area contributed by atoms with Gasteiger partial charge in [0.25, 0.3) is 5.71 Å². The molecule has 22 heavy (non-hydrogen) atoms. The van der Waals surface area contributed by atoms with Crippen molar-refractivity contribution in [1.82, 2.24) is 20.2 Å². The Labute approximate surface area is 129 Å². The second-order valence-corrected chi connectivity index (χ2v) is 6.41. The number of ether oxygens (including phenoxy) is 1. The molecule has 2 heterocycles. The Morgan fingerprint density at radius 2 is 2.14 bits per heavy atom. The van der Waals surface area contributed by atoms with Gasteiger partial charge in [-0.1, -0.05) is 12.1 Å². The molecule has 2 rings (SSSR count). The SMILES string of the molecule is CCc1noc2ncc(S(=O)(=O)NCCNCCOC)cc12. The van der Waals surface area contributed by atoms with E-state index in [1.54, 1.807) is 13.2 Å². The minimum atomic E-state index is -3.60. The standard InChI is InChI=1S/C13H20N4O4S/c1-3-12-11-8-10(9-15-13(11)21-17-12)22(18,19)16-5-4-14-6-7-20-2/h8-9,14,16H,3-7H2,1-2H3. The number of fused-ring (bicyclic) bond motifs is 1. The zero-order valence-electron chi connectivity index (χ0n) is 12.6. The maximum Gasteiger partial charge on any atom is 0.258 e. The van der Waals surface area contributed by atoms with Crippen molar-refractivity contribution in [3.05, 3.63) is 18.0 Å². The predicted octanol–water partition coefficient (Wildman–Crippen LogP) is 0.300. The Hall–Kier alpha value is -1.55. The summed E-state index contributed by atoms with van der Waals surface area (Å²) >= 11 is 0. The summed E-state index contributed by atoms with van der Waals surface area (Å²) in [5.74, 6) is 0. The van der Waals surface area contributed by atoms with E-state index in [-0.39, 0.29) is 11.4 Å². The van der Waals surface area contributed by atoms with Crippen molar-refractivity contribution < 1.29 is 17.7 Å². The fourth-order valence-electron chi connectivity index (χ4n) is 1.92. The van der Waals surface area contributed by atoms with E-state index in [1.807, 2.05) is 6.92 Å². The number of nitrogens with one attached hydrogen (secondary N) is 2. The number of pyridine rings is 1. The van der Waals surface area contributed by atoms with E-state index in [9.17, 15) is 8.42 Å². The molecule has 0 fully saturated rings. The van der Waals surface area contributed by atoms with Gasteiger partial charge >= 0.3 is 0 Å². The van der Waals surface area contributed by atoms with Crippen molar-refractivity contribution >= 4 is 21.1 Å². The summed E-state index contributed by atoms with van der Waals surface area (Å²) in [4.78, 5) is 4.11. The first-order valence-corrected chi connectivity index (χ1v) is 8.50. The molecule has 2 aromatic heterocycles. The molecule has 0 unspecified atom stereocenters. The van der Waals surface area contributed by atoms with Crippen LogP contribution in [0, 0.1) is 0 Å². The number of aryl methyl sites for hydroxylation is 1. The molecule has 0 aliphatic rings. The van der Waals surface area contributed by atoms with Gasteiger partial charge in [-0.25, -0.2) is 18.1 Å². The fourth-order valence-corrected chi connectivity index (χ4v) is 2.92. The minimum Gasteiger partial charge on any atom is -0.383 e. The Kier molecular flexibility index (Phi) is 5.83. The minimum absolute atomic E-state index is 0.106. The van der Waals surface area contributed by atoms with Crippen LogP contribution in [0.15, 0.2) is 21.7 Å². The molecular weight excluding hydrogens is 308 g/mol. The van der Waals surface area contributed by atoms with Gasteiger partial charge in [-0.2, -0.15) is 0 Å². The van der Waals surface area contributed by atoms with Crippen molar-refractivity contribution in [2.24, 2.45) is 0 Å². The Morgan fingerprint density at radius 3 is 2.86 bits per heavy atom. The number of sulfonamides is 1. The normalized spacial score (nSPS) is 12.1. The van der Waals surface area contributed by atoms with E-state index in [0.717, 1.165) is 0 Å². The van der Waals surface area contributed by atoms with Crippen LogP contribution < -0.4 is 10.0 Å². The van der Waals surface area contributed by atoms with Crippen LogP contribution >= 0.6 is 0 Å². The molecular formula is C13H20N4O4S. The fraction of sp³-hybridized carbons (Fsp3) is 0.538. The average molecular weight is 328 g/mol. The van der Waals surface area contributed by atoms with E-state index in [2.05, 4.69) is 20.2 Å². The number of methoxy groups -OCH3 is 1. The molecule has 122 valence electrons. The first-order chi connectivity index (χ1) is 10.6. The summed E-state index contributed by atoms with van der Waals surface area (Å²) in [6.07, 6.45) is 1.92. The van der Waals surface area contributed by atoms with Gasteiger partial charge in [-0.3, -0.25) is 0 Å². The molecule has 0 amide bonds. The molecule has 0 bridgehead atoms. The molecule has 2 N–H and O–H groups in total. The van der Waals surface area contributed by atoms with Gasteiger partial charge in [0.15, 0.2) is 0 Å². The Morgan fingerprint density at radius 1 is 1.32 bits per heavy atom. The number of aromatic nitrogens is 2. The van der Waals surface area contributed by atoms with Crippen LogP contribution in [-0.2, 0) is 21.2 Å². The summed E-state index contributed by atoms with van der Waals surface area (Å²) in [5, 5.41) is 7.56. The van der Waals surface area contributed by atoms with Gasteiger partial charge < -0.3 is 14.6 Å². The molecule has 0 saturated carbocycles. The average Bonchev–Trinajstić information content (AvgIpc) is 2.93. The third kappa shape index (κ3) is 4.01. The number of hydrogen-bond acceptors (Lipinski definition) is 7. The van der Waals surface area contributed by atoms with Crippen LogP contribution in [0.2, 0.25) is 0 Å².